The van der Waals surface area contributed by atoms with E-state index in [0.717, 1.165) is 31.3 Å². The van der Waals surface area contributed by atoms with E-state index < -0.39 is 5.82 Å². The summed E-state index contributed by atoms with van der Waals surface area (Å²) in [6, 6.07) is 1.34. The molecule has 1 N–H and O–H groups in total. The molecule has 0 unspecified atom stereocenters. The highest BCUT2D eigenvalue weighted by atomic mass is 32.1. The Balaban J connectivity index is 1.58. The van der Waals surface area contributed by atoms with Crippen LogP contribution in [-0.4, -0.2) is 62.5 Å². The summed E-state index contributed by atoms with van der Waals surface area (Å²) >= 11 is 1.39. The van der Waals surface area contributed by atoms with Gasteiger partial charge in [0.1, 0.15) is 5.82 Å². The maximum absolute atomic E-state index is 14.4. The maximum Gasteiger partial charge on any atom is 0.278 e. The van der Waals surface area contributed by atoms with Crippen molar-refractivity contribution in [1.29, 1.82) is 0 Å². The van der Waals surface area contributed by atoms with E-state index in [1.165, 1.54) is 17.4 Å². The average molecular weight is 399 g/mol. The van der Waals surface area contributed by atoms with Crippen LogP contribution in [0.1, 0.15) is 5.69 Å². The topological polar surface area (TPSA) is 82.4 Å². The molecule has 0 aromatic carbocycles. The normalized spacial score (nSPS) is 15.8. The summed E-state index contributed by atoms with van der Waals surface area (Å²) in [7, 11) is 2.09. The minimum absolute atomic E-state index is 0.250. The highest BCUT2D eigenvalue weighted by Crippen LogP contribution is 2.28. The quantitative estimate of drug-likeness (QED) is 0.554. The molecular formula is C18H18FN7OS. The highest BCUT2D eigenvalue weighted by Gasteiger charge is 2.20. The second-order valence-electron chi connectivity index (χ2n) is 7.04. The minimum atomic E-state index is -0.462. The van der Waals surface area contributed by atoms with Gasteiger partial charge in [0.25, 0.3) is 5.56 Å². The number of pyridine rings is 1. The van der Waals surface area contributed by atoms with Crippen LogP contribution in [0.3, 0.4) is 0 Å². The standard InChI is InChI=1S/C18H18FN7OS/c1-10-8-26-9-11(7-12(19)15(26)20-10)14-22-16(27)13-17(23-14)28-18(21-13)25-5-3-24(2)4-6-25/h7-9H,3-6H2,1-2H3,(H,22,23,27). The number of anilines is 1. The van der Waals surface area contributed by atoms with Crippen molar-refractivity contribution in [3.8, 4) is 11.4 Å². The number of aromatic amines is 1. The van der Waals surface area contributed by atoms with E-state index in [2.05, 4.69) is 36.8 Å². The van der Waals surface area contributed by atoms with Gasteiger partial charge in [0.05, 0.1) is 5.69 Å². The Morgan fingerprint density at radius 1 is 1.14 bits per heavy atom. The number of likely N-dealkylation sites (N-methyl/N-ethyl adjacent to an activating group) is 1. The fourth-order valence-corrected chi connectivity index (χ4v) is 4.39. The third-order valence-electron chi connectivity index (χ3n) is 4.93. The van der Waals surface area contributed by atoms with E-state index in [-0.39, 0.29) is 11.2 Å². The lowest BCUT2D eigenvalue weighted by Crippen LogP contribution is -2.44. The number of hydrogen-bond acceptors (Lipinski definition) is 7. The molecule has 0 radical (unpaired) electrons. The van der Waals surface area contributed by atoms with Gasteiger partial charge in [0, 0.05) is 44.1 Å². The molecule has 28 heavy (non-hydrogen) atoms. The monoisotopic (exact) mass is 399 g/mol. The maximum atomic E-state index is 14.4. The van der Waals surface area contributed by atoms with E-state index in [1.54, 1.807) is 23.7 Å². The van der Waals surface area contributed by atoms with Crippen molar-refractivity contribution in [3.63, 3.8) is 0 Å². The molecule has 0 spiro atoms. The lowest BCUT2D eigenvalue weighted by Gasteiger charge is -2.31. The molecule has 0 atom stereocenters. The molecule has 5 rings (SSSR count). The Bertz CT molecular complexity index is 1250. The molecule has 1 aliphatic heterocycles. The van der Waals surface area contributed by atoms with Gasteiger partial charge in [-0.2, -0.15) is 0 Å². The van der Waals surface area contributed by atoms with Crippen molar-refractivity contribution >= 4 is 32.5 Å². The lowest BCUT2D eigenvalue weighted by molar-refractivity contribution is 0.313. The Labute approximate surface area is 163 Å². The fraction of sp³-hybridized carbons (Fsp3) is 0.333. The summed E-state index contributed by atoms with van der Waals surface area (Å²) in [5.41, 5.74) is 1.45. The van der Waals surface area contributed by atoms with Gasteiger partial charge in [-0.05, 0) is 20.0 Å². The van der Waals surface area contributed by atoms with Crippen LogP contribution in [0.25, 0.3) is 27.4 Å². The van der Waals surface area contributed by atoms with Gasteiger partial charge in [-0.3, -0.25) is 4.79 Å². The zero-order valence-electron chi connectivity index (χ0n) is 15.4. The Hall–Kier alpha value is -2.85. The third-order valence-corrected chi connectivity index (χ3v) is 5.94. The molecule has 0 amide bonds. The smallest absolute Gasteiger partial charge is 0.278 e. The molecule has 0 saturated carbocycles. The van der Waals surface area contributed by atoms with E-state index in [0.29, 0.717) is 27.4 Å². The molecule has 1 saturated heterocycles. The predicted molar refractivity (Wildman–Crippen MR) is 107 cm³/mol. The molecule has 0 bridgehead atoms. The van der Waals surface area contributed by atoms with E-state index in [1.807, 2.05) is 0 Å². The number of nitrogens with one attached hydrogen (secondary N) is 1. The van der Waals surface area contributed by atoms with Gasteiger partial charge in [0.2, 0.25) is 0 Å². The van der Waals surface area contributed by atoms with Crippen LogP contribution >= 0.6 is 11.3 Å². The van der Waals surface area contributed by atoms with E-state index in [9.17, 15) is 9.18 Å². The minimum Gasteiger partial charge on any atom is -0.345 e. The summed E-state index contributed by atoms with van der Waals surface area (Å²) in [6.45, 7) is 5.44. The summed E-state index contributed by atoms with van der Waals surface area (Å²) in [6.07, 6.45) is 3.45. The Morgan fingerprint density at radius 2 is 1.93 bits per heavy atom. The average Bonchev–Trinajstić information content (AvgIpc) is 3.26. The van der Waals surface area contributed by atoms with Crippen LogP contribution in [0.15, 0.2) is 23.3 Å². The summed E-state index contributed by atoms with van der Waals surface area (Å²) in [5, 5.41) is 0.796. The molecule has 0 aliphatic carbocycles. The van der Waals surface area contributed by atoms with Crippen LogP contribution in [-0.2, 0) is 0 Å². The van der Waals surface area contributed by atoms with Gasteiger partial charge in [-0.25, -0.2) is 19.3 Å². The number of rotatable bonds is 2. The second-order valence-corrected chi connectivity index (χ2v) is 8.00. The predicted octanol–water partition coefficient (Wildman–Crippen LogP) is 1.89. The first kappa shape index (κ1) is 17.3. The summed E-state index contributed by atoms with van der Waals surface area (Å²) in [4.78, 5) is 33.5. The zero-order chi connectivity index (χ0) is 19.4. The van der Waals surface area contributed by atoms with Crippen LogP contribution in [0.2, 0.25) is 0 Å². The second kappa shape index (κ2) is 6.35. The fourth-order valence-electron chi connectivity index (χ4n) is 3.40. The first-order valence-corrected chi connectivity index (χ1v) is 9.79. The Kier molecular flexibility index (Phi) is 3.91. The van der Waals surface area contributed by atoms with E-state index in [4.69, 9.17) is 0 Å². The van der Waals surface area contributed by atoms with Crippen molar-refractivity contribution in [1.82, 2.24) is 29.2 Å². The number of halogens is 1. The van der Waals surface area contributed by atoms with Gasteiger partial charge < -0.3 is 19.2 Å². The van der Waals surface area contributed by atoms with Crippen molar-refractivity contribution in [2.45, 2.75) is 6.92 Å². The summed E-state index contributed by atoms with van der Waals surface area (Å²) in [5.74, 6) is -0.144. The largest absolute Gasteiger partial charge is 0.345 e. The number of hydrogen-bond donors (Lipinski definition) is 1. The molecule has 8 nitrogen and oxygen atoms in total. The molecule has 1 fully saturated rings. The molecular weight excluding hydrogens is 381 g/mol. The van der Waals surface area contributed by atoms with Gasteiger partial charge in [0.15, 0.2) is 26.9 Å². The van der Waals surface area contributed by atoms with Crippen LogP contribution in [0.4, 0.5) is 9.52 Å². The molecule has 1 aliphatic rings. The highest BCUT2D eigenvalue weighted by molar-refractivity contribution is 7.21. The van der Waals surface area contributed by atoms with Crippen molar-refractivity contribution in [3.05, 3.63) is 40.3 Å². The number of imidazole rings is 1. The van der Waals surface area contributed by atoms with Crippen molar-refractivity contribution in [2.75, 3.05) is 38.1 Å². The number of H-pyrrole nitrogens is 1. The first-order chi connectivity index (χ1) is 13.5. The Morgan fingerprint density at radius 3 is 2.71 bits per heavy atom. The van der Waals surface area contributed by atoms with E-state index >= 15 is 0 Å². The van der Waals surface area contributed by atoms with Gasteiger partial charge in [-0.1, -0.05) is 11.3 Å². The van der Waals surface area contributed by atoms with Crippen molar-refractivity contribution < 1.29 is 4.39 Å². The SMILES string of the molecule is Cc1cn2cc(-c3nc4sc(N5CCN(C)CC5)nc4c(=O)[nH]3)cc(F)c2n1. The molecule has 5 heterocycles. The first-order valence-electron chi connectivity index (χ1n) is 8.97. The number of aryl methyl sites for hydroxylation is 1. The number of piperazine rings is 1. The third kappa shape index (κ3) is 2.85. The zero-order valence-corrected chi connectivity index (χ0v) is 16.3. The molecule has 4 aromatic heterocycles. The summed E-state index contributed by atoms with van der Waals surface area (Å²) < 4.78 is 16.0. The molecule has 144 valence electrons. The lowest BCUT2D eigenvalue weighted by atomic mass is 10.2. The number of fused-ring (bicyclic) bond motifs is 2. The molecule has 4 aromatic rings. The van der Waals surface area contributed by atoms with Crippen LogP contribution in [0, 0.1) is 12.7 Å². The van der Waals surface area contributed by atoms with Crippen LogP contribution < -0.4 is 10.5 Å². The van der Waals surface area contributed by atoms with Crippen LogP contribution in [0.5, 0.6) is 0 Å². The van der Waals surface area contributed by atoms with Gasteiger partial charge in [-0.15, -0.1) is 0 Å². The number of aromatic nitrogens is 5. The number of thiazole rings is 1. The molecule has 10 heteroatoms. The van der Waals surface area contributed by atoms with Crippen molar-refractivity contribution in [2.24, 2.45) is 0 Å². The van der Waals surface area contributed by atoms with Gasteiger partial charge >= 0.3 is 0 Å². The number of nitrogens with zero attached hydrogens (tertiary/aromatic N) is 6.